The summed E-state index contributed by atoms with van der Waals surface area (Å²) in [5.41, 5.74) is 3.13. The molecule has 2 fully saturated rings. The van der Waals surface area contributed by atoms with Crippen LogP contribution in [0.1, 0.15) is 72.1 Å². The largest absolute Gasteiger partial charge is 0.462 e. The number of fused-ring (bicyclic) bond motifs is 5. The van der Waals surface area contributed by atoms with Gasteiger partial charge < -0.3 is 4.74 Å². The monoisotopic (exact) mass is 342 g/mol. The molecule has 0 aromatic rings. The van der Waals surface area contributed by atoms with E-state index in [0.717, 1.165) is 38.5 Å². The lowest BCUT2D eigenvalue weighted by Crippen LogP contribution is -2.46. The molecule has 0 radical (unpaired) electrons. The molecular weight excluding hydrogens is 312 g/mol. The molecule has 4 unspecified atom stereocenters. The predicted octanol–water partition coefficient (Wildman–Crippen LogP) is 4.76. The summed E-state index contributed by atoms with van der Waals surface area (Å²) >= 11 is 0. The van der Waals surface area contributed by atoms with E-state index in [1.165, 1.54) is 5.57 Å². The number of rotatable bonds is 2. The summed E-state index contributed by atoms with van der Waals surface area (Å²) in [5.74, 6) is 1.45. The van der Waals surface area contributed by atoms with Crippen molar-refractivity contribution in [2.45, 2.75) is 78.2 Å². The van der Waals surface area contributed by atoms with Crippen molar-refractivity contribution in [1.29, 1.82) is 0 Å². The van der Waals surface area contributed by atoms with Crippen molar-refractivity contribution in [2.75, 3.05) is 0 Å². The van der Waals surface area contributed by atoms with Gasteiger partial charge in [0.2, 0.25) is 0 Å². The van der Waals surface area contributed by atoms with Gasteiger partial charge in [0.05, 0.1) is 0 Å². The van der Waals surface area contributed by atoms with Gasteiger partial charge in [0.25, 0.3) is 0 Å². The minimum Gasteiger partial charge on any atom is -0.462 e. The van der Waals surface area contributed by atoms with Gasteiger partial charge in [-0.2, -0.15) is 0 Å². The lowest BCUT2D eigenvalue weighted by Gasteiger charge is -2.53. The molecule has 4 aliphatic carbocycles. The van der Waals surface area contributed by atoms with Gasteiger partial charge in [-0.05, 0) is 56.4 Å². The SMILES string of the molecule is CCC(=O)O[C@H]1CCC2C3CCC4=CC(=O)CCC4(C)C3=CCC21C. The summed E-state index contributed by atoms with van der Waals surface area (Å²) in [6, 6.07) is 0. The second-order valence-corrected chi connectivity index (χ2v) is 9.00. The Morgan fingerprint density at radius 3 is 2.80 bits per heavy atom. The van der Waals surface area contributed by atoms with Gasteiger partial charge in [-0.25, -0.2) is 0 Å². The van der Waals surface area contributed by atoms with Crippen LogP contribution in [0.25, 0.3) is 0 Å². The molecule has 0 heterocycles. The minimum absolute atomic E-state index is 0.0618. The van der Waals surface area contributed by atoms with Crippen molar-refractivity contribution < 1.29 is 14.3 Å². The normalized spacial score (nSPS) is 42.7. The standard InChI is InChI=1S/C22H30O3/c1-4-20(24)25-19-8-7-17-16-6-5-14-13-15(23)9-11-21(14,2)18(16)10-12-22(17,19)3/h10,13,16-17,19H,4-9,11-12H2,1-3H3/t16?,17?,19-,21?,22?/m0/s1. The maximum Gasteiger partial charge on any atom is 0.305 e. The summed E-state index contributed by atoms with van der Waals surface area (Å²) < 4.78 is 5.83. The first kappa shape index (κ1) is 17.1. The van der Waals surface area contributed by atoms with E-state index in [1.54, 1.807) is 5.57 Å². The molecule has 0 aliphatic heterocycles. The molecule has 0 saturated heterocycles. The van der Waals surface area contributed by atoms with E-state index in [1.807, 2.05) is 13.0 Å². The van der Waals surface area contributed by atoms with E-state index in [0.29, 0.717) is 30.5 Å². The van der Waals surface area contributed by atoms with Crippen LogP contribution in [0.4, 0.5) is 0 Å². The van der Waals surface area contributed by atoms with Crippen molar-refractivity contribution in [2.24, 2.45) is 22.7 Å². The van der Waals surface area contributed by atoms with Crippen LogP contribution < -0.4 is 0 Å². The molecule has 4 rings (SSSR count). The number of carbonyl (C=O) groups excluding carboxylic acids is 2. The number of hydrogen-bond donors (Lipinski definition) is 0. The van der Waals surface area contributed by atoms with Crippen molar-refractivity contribution in [1.82, 2.24) is 0 Å². The van der Waals surface area contributed by atoms with E-state index in [-0.39, 0.29) is 22.9 Å². The fourth-order valence-electron chi connectivity index (χ4n) is 6.25. The van der Waals surface area contributed by atoms with Crippen LogP contribution in [0, 0.1) is 22.7 Å². The zero-order valence-electron chi connectivity index (χ0n) is 15.8. The molecule has 0 aromatic heterocycles. The number of ketones is 1. The van der Waals surface area contributed by atoms with E-state index >= 15 is 0 Å². The molecule has 3 heteroatoms. The Hall–Kier alpha value is -1.38. The maximum atomic E-state index is 11.9. The third kappa shape index (κ3) is 2.45. The van der Waals surface area contributed by atoms with Crippen LogP contribution in [0.15, 0.2) is 23.3 Å². The average Bonchev–Trinajstić information content (AvgIpc) is 2.92. The van der Waals surface area contributed by atoms with E-state index in [9.17, 15) is 9.59 Å². The lowest BCUT2D eigenvalue weighted by molar-refractivity contribution is -0.155. The molecule has 0 bridgehead atoms. The summed E-state index contributed by atoms with van der Waals surface area (Å²) in [5, 5.41) is 0. The third-order valence-corrected chi connectivity index (χ3v) is 7.81. The predicted molar refractivity (Wildman–Crippen MR) is 96.9 cm³/mol. The highest BCUT2D eigenvalue weighted by molar-refractivity contribution is 5.92. The minimum atomic E-state index is -0.0618. The Balaban J connectivity index is 1.66. The van der Waals surface area contributed by atoms with Crippen molar-refractivity contribution in [3.63, 3.8) is 0 Å². The number of carbonyl (C=O) groups is 2. The highest BCUT2D eigenvalue weighted by atomic mass is 16.5. The van der Waals surface area contributed by atoms with E-state index in [2.05, 4.69) is 19.9 Å². The molecule has 5 atom stereocenters. The smallest absolute Gasteiger partial charge is 0.305 e. The zero-order chi connectivity index (χ0) is 17.8. The topological polar surface area (TPSA) is 43.4 Å². The average molecular weight is 342 g/mol. The maximum absolute atomic E-state index is 11.9. The molecule has 3 nitrogen and oxygen atoms in total. The number of esters is 1. The Kier molecular flexibility index (Phi) is 3.97. The van der Waals surface area contributed by atoms with Gasteiger partial charge >= 0.3 is 5.97 Å². The molecule has 2 saturated carbocycles. The van der Waals surface area contributed by atoms with Gasteiger partial charge in [-0.1, -0.05) is 38.0 Å². The number of ether oxygens (including phenoxy) is 1. The van der Waals surface area contributed by atoms with Crippen LogP contribution in [0.5, 0.6) is 0 Å². The second-order valence-electron chi connectivity index (χ2n) is 9.00. The fraction of sp³-hybridized carbons (Fsp3) is 0.727. The Labute approximate surface area is 150 Å². The Morgan fingerprint density at radius 2 is 2.04 bits per heavy atom. The van der Waals surface area contributed by atoms with Crippen LogP contribution in [-0.2, 0) is 14.3 Å². The lowest BCUT2D eigenvalue weighted by atomic mass is 9.52. The highest BCUT2D eigenvalue weighted by Gasteiger charge is 2.57. The van der Waals surface area contributed by atoms with Crippen molar-refractivity contribution in [3.05, 3.63) is 23.3 Å². The first-order valence-corrected chi connectivity index (χ1v) is 10.0. The summed E-state index contributed by atoms with van der Waals surface area (Å²) in [4.78, 5) is 23.7. The molecule has 0 N–H and O–H groups in total. The first-order valence-electron chi connectivity index (χ1n) is 10.0. The highest BCUT2D eigenvalue weighted by Crippen LogP contribution is 2.63. The third-order valence-electron chi connectivity index (χ3n) is 7.81. The number of allylic oxidation sites excluding steroid dienone is 4. The van der Waals surface area contributed by atoms with Crippen LogP contribution in [-0.4, -0.2) is 17.9 Å². The first-order chi connectivity index (χ1) is 11.9. The molecule has 0 amide bonds. The number of hydrogen-bond acceptors (Lipinski definition) is 3. The second kappa shape index (κ2) is 5.82. The molecule has 25 heavy (non-hydrogen) atoms. The van der Waals surface area contributed by atoms with Gasteiger partial charge in [0.1, 0.15) is 6.10 Å². The van der Waals surface area contributed by atoms with Crippen LogP contribution in [0.3, 0.4) is 0 Å². The Bertz CT molecular complexity index is 673. The van der Waals surface area contributed by atoms with Crippen molar-refractivity contribution in [3.8, 4) is 0 Å². The zero-order valence-corrected chi connectivity index (χ0v) is 15.8. The fourth-order valence-corrected chi connectivity index (χ4v) is 6.25. The summed E-state index contributed by atoms with van der Waals surface area (Å²) in [6.45, 7) is 6.56. The van der Waals surface area contributed by atoms with Gasteiger partial charge in [-0.3, -0.25) is 9.59 Å². The molecule has 0 aromatic carbocycles. The quantitative estimate of drug-likeness (QED) is 0.537. The van der Waals surface area contributed by atoms with E-state index < -0.39 is 0 Å². The van der Waals surface area contributed by atoms with Crippen molar-refractivity contribution >= 4 is 11.8 Å². The van der Waals surface area contributed by atoms with Gasteiger partial charge in [-0.15, -0.1) is 0 Å². The molecule has 136 valence electrons. The van der Waals surface area contributed by atoms with Gasteiger partial charge in [0.15, 0.2) is 5.78 Å². The summed E-state index contributed by atoms with van der Waals surface area (Å²) in [7, 11) is 0. The Morgan fingerprint density at radius 1 is 1.24 bits per heavy atom. The van der Waals surface area contributed by atoms with Crippen LogP contribution in [0.2, 0.25) is 0 Å². The van der Waals surface area contributed by atoms with E-state index in [4.69, 9.17) is 4.74 Å². The molecule has 4 aliphatic rings. The van der Waals surface area contributed by atoms with Crippen LogP contribution >= 0.6 is 0 Å². The molecule has 0 spiro atoms. The summed E-state index contributed by atoms with van der Waals surface area (Å²) in [6.07, 6.45) is 11.9. The van der Waals surface area contributed by atoms with Gasteiger partial charge in [0, 0.05) is 23.7 Å². The molecular formula is C22H30O3.